The molecule has 0 saturated carbocycles. The monoisotopic (exact) mass is 262 g/mol. The fourth-order valence-corrected chi connectivity index (χ4v) is 2.96. The van der Waals surface area contributed by atoms with E-state index in [9.17, 15) is 9.59 Å². The quantitative estimate of drug-likeness (QED) is 0.710. The predicted octanol–water partition coefficient (Wildman–Crippen LogP) is 0.888. The second-order valence-corrected chi connectivity index (χ2v) is 5.01. The number of thiophene rings is 1. The highest BCUT2D eigenvalue weighted by Gasteiger charge is 2.31. The van der Waals surface area contributed by atoms with Crippen LogP contribution in [-0.4, -0.2) is 15.9 Å². The highest BCUT2D eigenvalue weighted by Crippen LogP contribution is 2.35. The van der Waals surface area contributed by atoms with E-state index < -0.39 is 0 Å². The van der Waals surface area contributed by atoms with Crippen LogP contribution in [0, 0.1) is 0 Å². The van der Waals surface area contributed by atoms with Gasteiger partial charge in [0.1, 0.15) is 5.82 Å². The summed E-state index contributed by atoms with van der Waals surface area (Å²) in [5.41, 5.74) is 5.66. The van der Waals surface area contributed by atoms with Crippen LogP contribution in [0.4, 0.5) is 11.8 Å². The van der Waals surface area contributed by atoms with Gasteiger partial charge in [-0.05, 0) is 11.4 Å². The van der Waals surface area contributed by atoms with Crippen LogP contribution < -0.4 is 16.6 Å². The number of carbonyl (C=O) groups is 1. The van der Waals surface area contributed by atoms with Crippen molar-refractivity contribution in [3.05, 3.63) is 38.3 Å². The van der Waals surface area contributed by atoms with Gasteiger partial charge < -0.3 is 11.1 Å². The molecule has 2 aromatic heterocycles. The SMILES string of the molecule is Nc1nc2c(c(=O)[nH]1)C(c1cccs1)CC(=O)N2. The van der Waals surface area contributed by atoms with Crippen LogP contribution in [-0.2, 0) is 4.79 Å². The van der Waals surface area contributed by atoms with Crippen LogP contribution in [0.3, 0.4) is 0 Å². The summed E-state index contributed by atoms with van der Waals surface area (Å²) in [5.74, 6) is -0.124. The fourth-order valence-electron chi connectivity index (χ4n) is 2.12. The number of nitrogens with one attached hydrogen (secondary N) is 2. The second kappa shape index (κ2) is 3.95. The van der Waals surface area contributed by atoms with Crippen LogP contribution in [0.15, 0.2) is 22.3 Å². The van der Waals surface area contributed by atoms with Gasteiger partial charge in [0.15, 0.2) is 0 Å². The van der Waals surface area contributed by atoms with Crippen LogP contribution >= 0.6 is 11.3 Å². The van der Waals surface area contributed by atoms with E-state index in [2.05, 4.69) is 15.3 Å². The highest BCUT2D eigenvalue weighted by atomic mass is 32.1. The zero-order valence-electron chi connectivity index (χ0n) is 9.27. The summed E-state index contributed by atoms with van der Waals surface area (Å²) in [4.78, 5) is 31.1. The molecule has 1 atom stereocenters. The van der Waals surface area contributed by atoms with E-state index in [1.165, 1.54) is 11.3 Å². The summed E-state index contributed by atoms with van der Waals surface area (Å²) in [6.07, 6.45) is 0.252. The second-order valence-electron chi connectivity index (χ2n) is 4.03. The number of rotatable bonds is 1. The molecule has 92 valence electrons. The number of nitrogens with two attached hydrogens (primary N) is 1. The zero-order valence-corrected chi connectivity index (χ0v) is 10.1. The summed E-state index contributed by atoms with van der Waals surface area (Å²) in [7, 11) is 0. The number of H-pyrrole nitrogens is 1. The molecule has 18 heavy (non-hydrogen) atoms. The average molecular weight is 262 g/mol. The first-order valence-electron chi connectivity index (χ1n) is 5.38. The van der Waals surface area contributed by atoms with Gasteiger partial charge in [-0.25, -0.2) is 0 Å². The summed E-state index contributed by atoms with van der Waals surface area (Å²) < 4.78 is 0. The molecule has 6 nitrogen and oxygen atoms in total. The van der Waals surface area contributed by atoms with Crippen LogP contribution in [0.2, 0.25) is 0 Å². The molecule has 0 spiro atoms. The Morgan fingerprint density at radius 1 is 1.44 bits per heavy atom. The van der Waals surface area contributed by atoms with Gasteiger partial charge in [-0.1, -0.05) is 6.07 Å². The maximum Gasteiger partial charge on any atom is 0.258 e. The van der Waals surface area contributed by atoms with Crippen LogP contribution in [0.25, 0.3) is 0 Å². The maximum absolute atomic E-state index is 12.0. The Kier molecular flexibility index (Phi) is 2.41. The Bertz CT molecular complexity index is 662. The Balaban J connectivity index is 2.21. The van der Waals surface area contributed by atoms with Crippen LogP contribution in [0.5, 0.6) is 0 Å². The molecule has 0 aliphatic carbocycles. The predicted molar refractivity (Wildman–Crippen MR) is 68.7 cm³/mol. The number of carbonyl (C=O) groups excluding carboxylic acids is 1. The van der Waals surface area contributed by atoms with Gasteiger partial charge in [0.25, 0.3) is 5.56 Å². The topological polar surface area (TPSA) is 101 Å². The summed E-state index contributed by atoms with van der Waals surface area (Å²) in [6.45, 7) is 0. The van der Waals surface area contributed by atoms with Crippen molar-refractivity contribution < 1.29 is 4.79 Å². The molecule has 3 heterocycles. The molecule has 3 rings (SSSR count). The number of amides is 1. The van der Waals surface area contributed by atoms with Crippen molar-refractivity contribution in [2.75, 3.05) is 11.1 Å². The molecular formula is C11H10N4O2S. The third-order valence-corrected chi connectivity index (χ3v) is 3.84. The lowest BCUT2D eigenvalue weighted by atomic mass is 9.92. The molecule has 0 fully saturated rings. The van der Waals surface area contributed by atoms with Gasteiger partial charge in [0.05, 0.1) is 5.56 Å². The third kappa shape index (κ3) is 1.68. The maximum atomic E-state index is 12.0. The number of nitrogen functional groups attached to an aromatic ring is 1. The van der Waals surface area contributed by atoms with E-state index in [1.54, 1.807) is 0 Å². The minimum absolute atomic E-state index is 0.00544. The largest absolute Gasteiger partial charge is 0.369 e. The summed E-state index contributed by atoms with van der Waals surface area (Å²) in [5, 5.41) is 4.51. The molecule has 1 aliphatic rings. The first-order chi connectivity index (χ1) is 8.65. The van der Waals surface area contributed by atoms with Crippen molar-refractivity contribution in [1.29, 1.82) is 0 Å². The van der Waals surface area contributed by atoms with Crippen molar-refractivity contribution in [1.82, 2.24) is 9.97 Å². The van der Waals surface area contributed by atoms with Crippen molar-refractivity contribution >= 4 is 29.0 Å². The standard InChI is InChI=1S/C11H10N4O2S/c12-11-14-9-8(10(17)15-11)5(4-7(16)13-9)6-2-1-3-18-6/h1-3,5H,4H2,(H4,12,13,14,15,16,17). The Labute approximate surface area is 106 Å². The molecule has 2 aromatic rings. The third-order valence-electron chi connectivity index (χ3n) is 2.86. The van der Waals surface area contributed by atoms with Gasteiger partial charge >= 0.3 is 0 Å². The molecule has 0 saturated heterocycles. The molecule has 1 aliphatic heterocycles. The van der Waals surface area contributed by atoms with E-state index in [4.69, 9.17) is 5.73 Å². The average Bonchev–Trinajstić information content (AvgIpc) is 2.79. The number of aromatic nitrogens is 2. The van der Waals surface area contributed by atoms with Crippen molar-refractivity contribution in [3.63, 3.8) is 0 Å². The van der Waals surface area contributed by atoms with Gasteiger partial charge in [0.2, 0.25) is 11.9 Å². The molecule has 0 bridgehead atoms. The molecule has 0 aromatic carbocycles. The first-order valence-corrected chi connectivity index (χ1v) is 6.26. The molecule has 0 radical (unpaired) electrons. The van der Waals surface area contributed by atoms with Crippen molar-refractivity contribution in [3.8, 4) is 0 Å². The van der Waals surface area contributed by atoms with Crippen LogP contribution in [0.1, 0.15) is 22.8 Å². The number of hydrogen-bond donors (Lipinski definition) is 3. The number of nitrogens with zero attached hydrogens (tertiary/aromatic N) is 1. The summed E-state index contributed by atoms with van der Waals surface area (Å²) in [6, 6.07) is 3.80. The Hall–Kier alpha value is -2.15. The van der Waals surface area contributed by atoms with E-state index in [-0.39, 0.29) is 35.6 Å². The number of anilines is 2. The lowest BCUT2D eigenvalue weighted by Gasteiger charge is -2.22. The fraction of sp³-hybridized carbons (Fsp3) is 0.182. The smallest absolute Gasteiger partial charge is 0.258 e. The van der Waals surface area contributed by atoms with Gasteiger partial charge in [-0.3, -0.25) is 14.6 Å². The minimum Gasteiger partial charge on any atom is -0.369 e. The molecular weight excluding hydrogens is 252 g/mol. The van der Waals surface area contributed by atoms with Gasteiger partial charge in [0, 0.05) is 17.2 Å². The van der Waals surface area contributed by atoms with Gasteiger partial charge in [-0.2, -0.15) is 4.98 Å². The zero-order chi connectivity index (χ0) is 12.7. The minimum atomic E-state index is -0.295. The van der Waals surface area contributed by atoms with Crippen molar-refractivity contribution in [2.24, 2.45) is 0 Å². The Morgan fingerprint density at radius 3 is 3.00 bits per heavy atom. The lowest BCUT2D eigenvalue weighted by Crippen LogP contribution is -2.31. The van der Waals surface area contributed by atoms with E-state index in [1.807, 2.05) is 17.5 Å². The van der Waals surface area contributed by atoms with Gasteiger partial charge in [-0.15, -0.1) is 11.3 Å². The molecule has 4 N–H and O–H groups in total. The van der Waals surface area contributed by atoms with E-state index in [0.717, 1.165) is 4.88 Å². The van der Waals surface area contributed by atoms with Crippen molar-refractivity contribution in [2.45, 2.75) is 12.3 Å². The normalized spacial score (nSPS) is 18.2. The Morgan fingerprint density at radius 2 is 2.28 bits per heavy atom. The lowest BCUT2D eigenvalue weighted by molar-refractivity contribution is -0.116. The molecule has 7 heteroatoms. The van der Waals surface area contributed by atoms with E-state index >= 15 is 0 Å². The highest BCUT2D eigenvalue weighted by molar-refractivity contribution is 7.10. The summed E-state index contributed by atoms with van der Waals surface area (Å²) >= 11 is 1.52. The molecule has 1 amide bonds. The number of hydrogen-bond acceptors (Lipinski definition) is 5. The van der Waals surface area contributed by atoms with E-state index in [0.29, 0.717) is 5.56 Å². The number of aromatic amines is 1. The number of fused-ring (bicyclic) bond motifs is 1. The first kappa shape index (κ1) is 11.0. The molecule has 1 unspecified atom stereocenters.